The van der Waals surface area contributed by atoms with Gasteiger partial charge in [0, 0.05) is 36.1 Å². The molecule has 6 nitrogen and oxygen atoms in total. The van der Waals surface area contributed by atoms with Gasteiger partial charge in [0.25, 0.3) is 5.69 Å². The summed E-state index contributed by atoms with van der Waals surface area (Å²) >= 11 is 0. The molecule has 0 spiro atoms. The third-order valence-corrected chi connectivity index (χ3v) is 2.81. The van der Waals surface area contributed by atoms with Crippen LogP contribution >= 0.6 is 12.4 Å². The fourth-order valence-electron chi connectivity index (χ4n) is 1.91. The Kier molecular flexibility index (Phi) is 3.86. The number of halogens is 1. The Balaban J connectivity index is 0.00000147. The molecule has 1 N–H and O–H groups in total. The zero-order valence-corrected chi connectivity index (χ0v) is 11.1. The summed E-state index contributed by atoms with van der Waals surface area (Å²) in [6.45, 7) is 0. The fraction of sp³-hybridized carbons (Fsp3) is 0. The molecule has 0 saturated heterocycles. The van der Waals surface area contributed by atoms with Crippen LogP contribution in [0.15, 0.2) is 55.0 Å². The molecular formula is C13H11ClN4O2. The van der Waals surface area contributed by atoms with Crippen molar-refractivity contribution in [1.29, 1.82) is 0 Å². The van der Waals surface area contributed by atoms with Crippen molar-refractivity contribution in [3.05, 3.63) is 65.1 Å². The fourth-order valence-corrected chi connectivity index (χ4v) is 1.91. The number of anilines is 1. The van der Waals surface area contributed by atoms with E-state index >= 15 is 0 Å². The minimum Gasteiger partial charge on any atom is -0.294 e. The first-order valence-corrected chi connectivity index (χ1v) is 5.66. The van der Waals surface area contributed by atoms with Crippen molar-refractivity contribution in [2.45, 2.75) is 0 Å². The number of aromatic nitrogens is 2. The molecule has 0 amide bonds. The van der Waals surface area contributed by atoms with Crippen LogP contribution in [0.2, 0.25) is 0 Å². The maximum absolute atomic E-state index is 10.7. The predicted octanol–water partition coefficient (Wildman–Crippen LogP) is 3.24. The largest absolute Gasteiger partial charge is 0.294 e. The van der Waals surface area contributed by atoms with Crippen LogP contribution < -0.4 is 5.43 Å². The van der Waals surface area contributed by atoms with Gasteiger partial charge in [0.15, 0.2) is 0 Å². The molecule has 0 radical (unpaired) electrons. The monoisotopic (exact) mass is 290 g/mol. The van der Waals surface area contributed by atoms with E-state index in [1.165, 1.54) is 6.07 Å². The summed E-state index contributed by atoms with van der Waals surface area (Å²) in [5.74, 6) is 0. The molecule has 2 heterocycles. The number of nitrogens with zero attached hydrogens (tertiary/aromatic N) is 3. The van der Waals surface area contributed by atoms with Gasteiger partial charge in [0.05, 0.1) is 16.1 Å². The highest BCUT2D eigenvalue weighted by Gasteiger charge is 2.08. The number of nitro benzene ring substituents is 1. The van der Waals surface area contributed by atoms with E-state index in [-0.39, 0.29) is 18.1 Å². The summed E-state index contributed by atoms with van der Waals surface area (Å²) in [7, 11) is 0. The zero-order valence-electron chi connectivity index (χ0n) is 10.3. The van der Waals surface area contributed by atoms with E-state index in [9.17, 15) is 10.1 Å². The quantitative estimate of drug-likeness (QED) is 0.593. The van der Waals surface area contributed by atoms with Crippen LogP contribution in [0.25, 0.3) is 10.9 Å². The number of rotatable bonds is 3. The molecule has 3 aromatic rings. The summed E-state index contributed by atoms with van der Waals surface area (Å²) in [6, 6.07) is 10.3. The van der Waals surface area contributed by atoms with E-state index in [0.717, 1.165) is 16.6 Å². The molecule has 0 aliphatic rings. The molecule has 0 aliphatic heterocycles. The van der Waals surface area contributed by atoms with Gasteiger partial charge < -0.3 is 0 Å². The first kappa shape index (κ1) is 13.8. The third kappa shape index (κ3) is 2.55. The number of nitrogens with one attached hydrogen (secondary N) is 1. The molecular weight excluding hydrogens is 280 g/mol. The van der Waals surface area contributed by atoms with Gasteiger partial charge in [-0.15, -0.1) is 12.4 Å². The minimum absolute atomic E-state index is 0. The van der Waals surface area contributed by atoms with Crippen LogP contribution in [-0.4, -0.2) is 14.6 Å². The summed E-state index contributed by atoms with van der Waals surface area (Å²) in [6.07, 6.45) is 5.21. The number of fused-ring (bicyclic) bond motifs is 1. The first-order chi connectivity index (χ1) is 9.24. The summed E-state index contributed by atoms with van der Waals surface area (Å²) in [5, 5.41) is 11.5. The number of hydrogen-bond acceptors (Lipinski definition) is 4. The molecule has 3 rings (SSSR count). The average molecular weight is 291 g/mol. The Labute approximate surface area is 120 Å². The van der Waals surface area contributed by atoms with Crippen LogP contribution in [0, 0.1) is 10.1 Å². The van der Waals surface area contributed by atoms with E-state index in [1.807, 2.05) is 29.1 Å². The Morgan fingerprint density at radius 1 is 1.15 bits per heavy atom. The number of nitro groups is 1. The van der Waals surface area contributed by atoms with Crippen molar-refractivity contribution < 1.29 is 4.92 Å². The van der Waals surface area contributed by atoms with Crippen molar-refractivity contribution in [3.63, 3.8) is 0 Å². The highest BCUT2D eigenvalue weighted by atomic mass is 35.5. The molecule has 0 unspecified atom stereocenters. The zero-order chi connectivity index (χ0) is 13.2. The van der Waals surface area contributed by atoms with E-state index in [4.69, 9.17) is 0 Å². The molecule has 0 fully saturated rings. The van der Waals surface area contributed by atoms with Gasteiger partial charge in [0.2, 0.25) is 0 Å². The van der Waals surface area contributed by atoms with Gasteiger partial charge in [-0.1, -0.05) is 0 Å². The van der Waals surface area contributed by atoms with Crippen molar-refractivity contribution in [1.82, 2.24) is 9.66 Å². The normalized spacial score (nSPS) is 10.0. The number of benzene rings is 1. The van der Waals surface area contributed by atoms with Crippen LogP contribution in [0.5, 0.6) is 0 Å². The van der Waals surface area contributed by atoms with Gasteiger partial charge in [-0.2, -0.15) is 0 Å². The Morgan fingerprint density at radius 3 is 2.60 bits per heavy atom. The van der Waals surface area contributed by atoms with Gasteiger partial charge in [0.1, 0.15) is 0 Å². The molecule has 0 atom stereocenters. The second kappa shape index (κ2) is 5.58. The minimum atomic E-state index is -0.396. The lowest BCUT2D eigenvalue weighted by atomic mass is 10.2. The first-order valence-electron chi connectivity index (χ1n) is 5.66. The van der Waals surface area contributed by atoms with E-state index in [2.05, 4.69) is 10.4 Å². The Hall–Kier alpha value is -2.60. The van der Waals surface area contributed by atoms with E-state index in [0.29, 0.717) is 0 Å². The van der Waals surface area contributed by atoms with Gasteiger partial charge in [-0.3, -0.25) is 25.2 Å². The Morgan fingerprint density at radius 2 is 1.90 bits per heavy atom. The summed E-state index contributed by atoms with van der Waals surface area (Å²) < 4.78 is 1.81. The SMILES string of the molecule is Cl.O=[N+]([O-])c1ccc2c(ccn2Nc2ccncc2)c1. The topological polar surface area (TPSA) is 73.0 Å². The average Bonchev–Trinajstić information content (AvgIpc) is 2.82. The standard InChI is InChI=1S/C13H10N4O2.ClH/c18-17(19)12-1-2-13-10(9-12)5-8-16(13)15-11-3-6-14-7-4-11;/h1-9H,(H,14,15);1H. The molecule has 0 aliphatic carbocycles. The lowest BCUT2D eigenvalue weighted by Gasteiger charge is -2.08. The van der Waals surface area contributed by atoms with Crippen LogP contribution in [0.1, 0.15) is 0 Å². The lowest BCUT2D eigenvalue weighted by molar-refractivity contribution is -0.384. The van der Waals surface area contributed by atoms with Crippen molar-refractivity contribution in [2.24, 2.45) is 0 Å². The van der Waals surface area contributed by atoms with Crippen molar-refractivity contribution in [2.75, 3.05) is 5.43 Å². The van der Waals surface area contributed by atoms with Gasteiger partial charge in [-0.25, -0.2) is 0 Å². The molecule has 2 aromatic heterocycles. The van der Waals surface area contributed by atoms with Gasteiger partial charge >= 0.3 is 0 Å². The number of pyridine rings is 1. The Bertz CT molecular complexity index is 742. The number of hydrogen-bond donors (Lipinski definition) is 1. The predicted molar refractivity (Wildman–Crippen MR) is 79.1 cm³/mol. The van der Waals surface area contributed by atoms with E-state index < -0.39 is 4.92 Å². The second-order valence-electron chi connectivity index (χ2n) is 4.03. The lowest BCUT2D eigenvalue weighted by Crippen LogP contribution is -2.06. The third-order valence-electron chi connectivity index (χ3n) is 2.81. The van der Waals surface area contributed by atoms with E-state index in [1.54, 1.807) is 24.5 Å². The van der Waals surface area contributed by atoms with Crippen LogP contribution in [0.3, 0.4) is 0 Å². The highest BCUT2D eigenvalue weighted by Crippen LogP contribution is 2.22. The maximum Gasteiger partial charge on any atom is 0.270 e. The van der Waals surface area contributed by atoms with Crippen LogP contribution in [-0.2, 0) is 0 Å². The molecule has 0 bridgehead atoms. The highest BCUT2D eigenvalue weighted by molar-refractivity contribution is 5.85. The number of non-ortho nitro benzene ring substituents is 1. The molecule has 0 saturated carbocycles. The molecule has 1 aromatic carbocycles. The molecule has 20 heavy (non-hydrogen) atoms. The smallest absolute Gasteiger partial charge is 0.270 e. The molecule has 102 valence electrons. The summed E-state index contributed by atoms with van der Waals surface area (Å²) in [4.78, 5) is 14.3. The maximum atomic E-state index is 10.7. The summed E-state index contributed by atoms with van der Waals surface area (Å²) in [5.41, 5.74) is 5.05. The van der Waals surface area contributed by atoms with Crippen molar-refractivity contribution in [3.8, 4) is 0 Å². The molecule has 7 heteroatoms. The second-order valence-corrected chi connectivity index (χ2v) is 4.03. The van der Waals surface area contributed by atoms with Crippen LogP contribution in [0.4, 0.5) is 11.4 Å². The van der Waals surface area contributed by atoms with Crippen molar-refractivity contribution >= 4 is 34.7 Å². The van der Waals surface area contributed by atoms with Gasteiger partial charge in [-0.05, 0) is 24.3 Å².